The van der Waals surface area contributed by atoms with E-state index in [1.807, 2.05) is 6.08 Å². The zero-order valence-electron chi connectivity index (χ0n) is 13.6. The largest absolute Gasteiger partial charge is 0.328 e. The lowest BCUT2D eigenvalue weighted by atomic mass is 9.51. The van der Waals surface area contributed by atoms with Crippen molar-refractivity contribution in [2.75, 3.05) is 0 Å². The molecule has 0 amide bonds. The van der Waals surface area contributed by atoms with Crippen LogP contribution in [0.4, 0.5) is 0 Å². The van der Waals surface area contributed by atoms with Crippen LogP contribution < -0.4 is 0 Å². The first kappa shape index (κ1) is 14.0. The van der Waals surface area contributed by atoms with Crippen molar-refractivity contribution in [1.82, 2.24) is 0 Å². The van der Waals surface area contributed by atoms with Gasteiger partial charge in [0.1, 0.15) is 0 Å². The minimum Gasteiger partial charge on any atom is -0.328 e. The predicted molar refractivity (Wildman–Crippen MR) is 85.6 cm³/mol. The maximum atomic E-state index is 11.7. The molecule has 0 N–H and O–H groups in total. The van der Waals surface area contributed by atoms with Crippen LogP contribution in [0.2, 0.25) is 0 Å². The molecule has 0 aromatic carbocycles. The standard InChI is InChI=1S/C20H29O/c1-3-14-5-9-19-18-7-4-13-12-15(21)6-8-16(13)17(18)10-11-20(14,19)2/h3,12,14,16-19H,4-11H2,1-2H3/q-1. The van der Waals surface area contributed by atoms with Gasteiger partial charge in [-0.25, -0.2) is 0 Å². The molecule has 4 aliphatic carbocycles. The van der Waals surface area contributed by atoms with Crippen molar-refractivity contribution in [2.24, 2.45) is 35.0 Å². The van der Waals surface area contributed by atoms with Gasteiger partial charge in [0.15, 0.2) is 5.78 Å². The molecule has 3 saturated carbocycles. The molecule has 0 heterocycles. The van der Waals surface area contributed by atoms with E-state index in [0.717, 1.165) is 42.4 Å². The van der Waals surface area contributed by atoms with Crippen LogP contribution >= 0.6 is 0 Å². The third-order valence-electron chi connectivity index (χ3n) is 7.78. The zero-order chi connectivity index (χ0) is 14.6. The monoisotopic (exact) mass is 285 g/mol. The van der Waals surface area contributed by atoms with Crippen LogP contribution in [0.15, 0.2) is 11.6 Å². The van der Waals surface area contributed by atoms with Gasteiger partial charge in [0.25, 0.3) is 0 Å². The summed E-state index contributed by atoms with van der Waals surface area (Å²) in [5.74, 6) is 4.80. The van der Waals surface area contributed by atoms with E-state index >= 15 is 0 Å². The summed E-state index contributed by atoms with van der Waals surface area (Å²) in [6.45, 7) is 4.86. The van der Waals surface area contributed by atoms with Gasteiger partial charge in [-0.3, -0.25) is 4.79 Å². The van der Waals surface area contributed by atoms with E-state index in [0.29, 0.717) is 11.2 Å². The quantitative estimate of drug-likeness (QED) is 0.622. The molecule has 4 aliphatic rings. The lowest BCUT2D eigenvalue weighted by molar-refractivity contribution is -0.116. The molecule has 4 rings (SSSR count). The molecular formula is C20H29O-. The zero-order valence-corrected chi connectivity index (χ0v) is 13.6. The van der Waals surface area contributed by atoms with Crippen molar-refractivity contribution in [2.45, 2.75) is 65.2 Å². The van der Waals surface area contributed by atoms with Crippen LogP contribution in [0.3, 0.4) is 0 Å². The lowest BCUT2D eigenvalue weighted by Gasteiger charge is -2.55. The van der Waals surface area contributed by atoms with E-state index in [1.165, 1.54) is 44.1 Å². The van der Waals surface area contributed by atoms with Crippen LogP contribution in [-0.4, -0.2) is 5.78 Å². The van der Waals surface area contributed by atoms with Gasteiger partial charge >= 0.3 is 0 Å². The van der Waals surface area contributed by atoms with E-state index < -0.39 is 0 Å². The van der Waals surface area contributed by atoms with Crippen molar-refractivity contribution in [3.05, 3.63) is 18.1 Å². The number of allylic oxidation sites excluding steroid dienone is 1. The predicted octanol–water partition coefficient (Wildman–Crippen LogP) is 4.97. The normalized spacial score (nSPS) is 49.1. The average molecular weight is 285 g/mol. The number of carbonyl (C=O) groups excluding carboxylic acids is 1. The number of fused-ring (bicyclic) bond motifs is 5. The smallest absolute Gasteiger partial charge is 0.155 e. The van der Waals surface area contributed by atoms with Crippen molar-refractivity contribution < 1.29 is 4.79 Å². The summed E-state index contributed by atoms with van der Waals surface area (Å²) in [6, 6.07) is 0. The first-order valence-electron chi connectivity index (χ1n) is 9.16. The van der Waals surface area contributed by atoms with Gasteiger partial charge in [-0.05, 0) is 61.9 Å². The van der Waals surface area contributed by atoms with E-state index in [4.69, 9.17) is 0 Å². The van der Waals surface area contributed by atoms with Crippen molar-refractivity contribution in [3.63, 3.8) is 0 Å². The molecule has 3 fully saturated rings. The summed E-state index contributed by atoms with van der Waals surface area (Å²) in [4.78, 5) is 11.7. The van der Waals surface area contributed by atoms with E-state index in [-0.39, 0.29) is 0 Å². The topological polar surface area (TPSA) is 17.1 Å². The summed E-state index contributed by atoms with van der Waals surface area (Å²) >= 11 is 0. The fourth-order valence-corrected chi connectivity index (χ4v) is 6.77. The molecular weight excluding hydrogens is 256 g/mol. The van der Waals surface area contributed by atoms with Crippen LogP contribution in [0.25, 0.3) is 0 Å². The van der Waals surface area contributed by atoms with Crippen molar-refractivity contribution >= 4 is 5.78 Å². The van der Waals surface area contributed by atoms with Crippen molar-refractivity contribution in [1.29, 1.82) is 0 Å². The highest BCUT2D eigenvalue weighted by molar-refractivity contribution is 5.91. The molecule has 6 atom stereocenters. The van der Waals surface area contributed by atoms with Crippen LogP contribution in [0, 0.1) is 41.4 Å². The Morgan fingerprint density at radius 1 is 1.10 bits per heavy atom. The van der Waals surface area contributed by atoms with E-state index in [2.05, 4.69) is 20.3 Å². The lowest BCUT2D eigenvalue weighted by Crippen LogP contribution is -2.46. The Bertz CT molecular complexity index is 476. The number of carbonyl (C=O) groups is 1. The minimum absolute atomic E-state index is 0.391. The molecule has 0 spiro atoms. The van der Waals surface area contributed by atoms with Gasteiger partial charge in [-0.15, -0.1) is 0 Å². The molecule has 0 aliphatic heterocycles. The number of ketones is 1. The summed E-state index contributed by atoms with van der Waals surface area (Å²) in [5.41, 5.74) is 2.11. The summed E-state index contributed by atoms with van der Waals surface area (Å²) < 4.78 is 0. The number of hydrogen-bond acceptors (Lipinski definition) is 1. The molecule has 6 unspecified atom stereocenters. The van der Waals surface area contributed by atoms with E-state index in [9.17, 15) is 4.79 Å². The Balaban J connectivity index is 1.61. The highest BCUT2D eigenvalue weighted by Crippen LogP contribution is 2.63. The van der Waals surface area contributed by atoms with Gasteiger partial charge in [-0.1, -0.05) is 30.8 Å². The third kappa shape index (κ3) is 1.99. The summed E-state index contributed by atoms with van der Waals surface area (Å²) in [6.07, 6.45) is 14.8. The third-order valence-corrected chi connectivity index (χ3v) is 7.78. The molecule has 0 saturated heterocycles. The van der Waals surface area contributed by atoms with Crippen LogP contribution in [-0.2, 0) is 4.79 Å². The Labute approximate surface area is 129 Å². The molecule has 0 aromatic heterocycles. The van der Waals surface area contributed by atoms with Gasteiger partial charge in [0.2, 0.25) is 0 Å². The maximum Gasteiger partial charge on any atom is 0.155 e. The Morgan fingerprint density at radius 2 is 1.95 bits per heavy atom. The Morgan fingerprint density at radius 3 is 2.76 bits per heavy atom. The highest BCUT2D eigenvalue weighted by atomic mass is 16.1. The number of rotatable bonds is 1. The first-order valence-corrected chi connectivity index (χ1v) is 9.16. The Kier molecular flexibility index (Phi) is 3.32. The molecule has 1 nitrogen and oxygen atoms in total. The molecule has 0 aromatic rings. The molecule has 0 bridgehead atoms. The summed E-state index contributed by atoms with van der Waals surface area (Å²) in [7, 11) is 0. The first-order chi connectivity index (χ1) is 10.1. The van der Waals surface area contributed by atoms with E-state index in [1.54, 1.807) is 0 Å². The van der Waals surface area contributed by atoms with Gasteiger partial charge in [0, 0.05) is 6.42 Å². The van der Waals surface area contributed by atoms with Crippen LogP contribution in [0.5, 0.6) is 0 Å². The molecule has 21 heavy (non-hydrogen) atoms. The fourth-order valence-electron chi connectivity index (χ4n) is 6.77. The van der Waals surface area contributed by atoms with Gasteiger partial charge < -0.3 is 6.42 Å². The fraction of sp³-hybridized carbons (Fsp3) is 0.800. The van der Waals surface area contributed by atoms with Crippen LogP contribution in [0.1, 0.15) is 65.2 Å². The highest BCUT2D eigenvalue weighted by Gasteiger charge is 2.53. The van der Waals surface area contributed by atoms with Crippen molar-refractivity contribution in [3.8, 4) is 0 Å². The second-order valence-electron chi connectivity index (χ2n) is 8.37. The minimum atomic E-state index is 0.391. The second kappa shape index (κ2) is 4.96. The number of hydrogen-bond donors (Lipinski definition) is 0. The van der Waals surface area contributed by atoms with Gasteiger partial charge in [0.05, 0.1) is 0 Å². The van der Waals surface area contributed by atoms with Gasteiger partial charge in [-0.2, -0.15) is 12.8 Å². The molecule has 0 radical (unpaired) electrons. The Hall–Kier alpha value is -0.590. The molecule has 116 valence electrons. The average Bonchev–Trinajstić information content (AvgIpc) is 2.83. The maximum absolute atomic E-state index is 11.7. The molecule has 1 heteroatoms. The SMILES string of the molecule is C[CH-]C1CCC2C3CCC4=CC(=O)CCC4C3CCC12C. The summed E-state index contributed by atoms with van der Waals surface area (Å²) in [5, 5.41) is 0. The second-order valence-corrected chi connectivity index (χ2v) is 8.37.